The van der Waals surface area contributed by atoms with Crippen LogP contribution in [0.1, 0.15) is 6.42 Å². The van der Waals surface area contributed by atoms with E-state index >= 15 is 0 Å². The summed E-state index contributed by atoms with van der Waals surface area (Å²) in [5.74, 6) is -0.849. The molecule has 1 rings (SSSR count). The lowest BCUT2D eigenvalue weighted by Crippen LogP contribution is -2.13. The first-order valence-corrected chi connectivity index (χ1v) is 4.57. The van der Waals surface area contributed by atoms with Gasteiger partial charge in [0.1, 0.15) is 11.6 Å². The zero-order valence-corrected chi connectivity index (χ0v) is 8.11. The van der Waals surface area contributed by atoms with Crippen LogP contribution in [0.15, 0.2) is 18.2 Å². The van der Waals surface area contributed by atoms with Gasteiger partial charge in [0.05, 0.1) is 5.69 Å². The van der Waals surface area contributed by atoms with Crippen molar-refractivity contribution in [2.45, 2.75) is 6.42 Å². The Kier molecular flexibility index (Phi) is 4.32. The third-order valence-electron chi connectivity index (χ3n) is 1.85. The Morgan fingerprint density at radius 1 is 1.21 bits per heavy atom. The fourth-order valence-corrected chi connectivity index (χ4v) is 1.12. The summed E-state index contributed by atoms with van der Waals surface area (Å²) in [5, 5.41) is 5.81. The summed E-state index contributed by atoms with van der Waals surface area (Å²) < 4.78 is 25.7. The van der Waals surface area contributed by atoms with Crippen LogP contribution in [-0.4, -0.2) is 20.1 Å². The van der Waals surface area contributed by atoms with Gasteiger partial charge in [0.25, 0.3) is 0 Å². The zero-order chi connectivity index (χ0) is 10.4. The number of halogens is 2. The van der Waals surface area contributed by atoms with E-state index in [2.05, 4.69) is 10.6 Å². The van der Waals surface area contributed by atoms with Crippen LogP contribution in [0.25, 0.3) is 0 Å². The van der Waals surface area contributed by atoms with Crippen LogP contribution in [0.2, 0.25) is 0 Å². The van der Waals surface area contributed by atoms with Crippen LogP contribution >= 0.6 is 0 Å². The van der Waals surface area contributed by atoms with E-state index in [1.165, 1.54) is 0 Å². The molecule has 2 N–H and O–H groups in total. The number of hydrogen-bond donors (Lipinski definition) is 2. The average molecular weight is 200 g/mol. The first-order chi connectivity index (χ1) is 6.74. The summed E-state index contributed by atoms with van der Waals surface area (Å²) in [7, 11) is 1.85. The van der Waals surface area contributed by atoms with Gasteiger partial charge >= 0.3 is 0 Å². The van der Waals surface area contributed by atoms with Crippen molar-refractivity contribution in [2.24, 2.45) is 0 Å². The van der Waals surface area contributed by atoms with E-state index in [4.69, 9.17) is 0 Å². The van der Waals surface area contributed by atoms with Crippen LogP contribution in [0.3, 0.4) is 0 Å². The lowest BCUT2D eigenvalue weighted by molar-refractivity contribution is 0.601. The third-order valence-corrected chi connectivity index (χ3v) is 1.85. The van der Waals surface area contributed by atoms with Gasteiger partial charge in [0, 0.05) is 6.54 Å². The van der Waals surface area contributed by atoms with Crippen molar-refractivity contribution in [3.63, 3.8) is 0 Å². The second-order valence-corrected chi connectivity index (χ2v) is 3.01. The SMILES string of the molecule is CNCCCNc1cc(F)ccc1F. The number of anilines is 1. The fourth-order valence-electron chi connectivity index (χ4n) is 1.12. The number of nitrogens with one attached hydrogen (secondary N) is 2. The summed E-state index contributed by atoms with van der Waals surface area (Å²) in [6.07, 6.45) is 0.868. The monoisotopic (exact) mass is 200 g/mol. The molecule has 0 aliphatic rings. The van der Waals surface area contributed by atoms with Gasteiger partial charge in [-0.05, 0) is 38.2 Å². The quantitative estimate of drug-likeness (QED) is 0.710. The number of rotatable bonds is 5. The normalized spacial score (nSPS) is 10.2. The second kappa shape index (κ2) is 5.54. The van der Waals surface area contributed by atoms with Crippen molar-refractivity contribution in [2.75, 3.05) is 25.5 Å². The highest BCUT2D eigenvalue weighted by molar-refractivity contribution is 5.44. The summed E-state index contributed by atoms with van der Waals surface area (Å²) in [4.78, 5) is 0. The van der Waals surface area contributed by atoms with Crippen molar-refractivity contribution in [3.05, 3.63) is 29.8 Å². The lowest BCUT2D eigenvalue weighted by atomic mass is 10.3. The minimum Gasteiger partial charge on any atom is -0.383 e. The number of benzene rings is 1. The third kappa shape index (κ3) is 3.30. The van der Waals surface area contributed by atoms with Crippen LogP contribution in [0, 0.1) is 11.6 Å². The molecule has 0 aliphatic carbocycles. The van der Waals surface area contributed by atoms with E-state index < -0.39 is 11.6 Å². The Hall–Kier alpha value is -1.16. The highest BCUT2D eigenvalue weighted by atomic mass is 19.1. The molecule has 14 heavy (non-hydrogen) atoms. The predicted octanol–water partition coefficient (Wildman–Crippen LogP) is 1.99. The molecular weight excluding hydrogens is 186 g/mol. The average Bonchev–Trinajstić information content (AvgIpc) is 2.18. The van der Waals surface area contributed by atoms with Crippen molar-refractivity contribution < 1.29 is 8.78 Å². The molecular formula is C10H14F2N2. The smallest absolute Gasteiger partial charge is 0.146 e. The largest absolute Gasteiger partial charge is 0.383 e. The topological polar surface area (TPSA) is 24.1 Å². The molecule has 4 heteroatoms. The van der Waals surface area contributed by atoms with Crippen molar-refractivity contribution >= 4 is 5.69 Å². The van der Waals surface area contributed by atoms with E-state index in [-0.39, 0.29) is 5.69 Å². The minimum absolute atomic E-state index is 0.223. The second-order valence-electron chi connectivity index (χ2n) is 3.01. The standard InChI is InChI=1S/C10H14F2N2/c1-13-5-2-6-14-10-7-8(11)3-4-9(10)12/h3-4,7,13-14H,2,5-6H2,1H3. The molecule has 1 aromatic carbocycles. The molecule has 0 amide bonds. The highest BCUT2D eigenvalue weighted by Gasteiger charge is 2.01. The van der Waals surface area contributed by atoms with Crippen LogP contribution in [0.5, 0.6) is 0 Å². The van der Waals surface area contributed by atoms with Gasteiger partial charge in [-0.1, -0.05) is 0 Å². The van der Waals surface area contributed by atoms with Crippen LogP contribution < -0.4 is 10.6 Å². The Labute approximate surface area is 82.3 Å². The van der Waals surface area contributed by atoms with E-state index in [1.54, 1.807) is 0 Å². The molecule has 0 spiro atoms. The van der Waals surface area contributed by atoms with Gasteiger partial charge < -0.3 is 10.6 Å². The highest BCUT2D eigenvalue weighted by Crippen LogP contribution is 2.14. The Morgan fingerprint density at radius 3 is 2.71 bits per heavy atom. The van der Waals surface area contributed by atoms with Gasteiger partial charge in [-0.25, -0.2) is 8.78 Å². The molecule has 0 bridgehead atoms. The van der Waals surface area contributed by atoms with E-state index in [0.717, 1.165) is 31.2 Å². The predicted molar refractivity (Wildman–Crippen MR) is 53.4 cm³/mol. The summed E-state index contributed by atoms with van der Waals surface area (Å²) in [6, 6.07) is 3.39. The molecule has 0 aliphatic heterocycles. The molecule has 78 valence electrons. The van der Waals surface area contributed by atoms with Crippen molar-refractivity contribution in [3.8, 4) is 0 Å². The Morgan fingerprint density at radius 2 is 2.00 bits per heavy atom. The van der Waals surface area contributed by atoms with Gasteiger partial charge in [-0.15, -0.1) is 0 Å². The molecule has 0 saturated carbocycles. The Balaban J connectivity index is 2.45. The fraction of sp³-hybridized carbons (Fsp3) is 0.400. The van der Waals surface area contributed by atoms with Crippen LogP contribution in [0.4, 0.5) is 14.5 Å². The molecule has 0 atom stereocenters. The molecule has 1 aromatic rings. The van der Waals surface area contributed by atoms with Crippen molar-refractivity contribution in [1.29, 1.82) is 0 Å². The summed E-state index contributed by atoms with van der Waals surface area (Å²) in [5.41, 5.74) is 0.223. The first-order valence-electron chi connectivity index (χ1n) is 4.57. The van der Waals surface area contributed by atoms with Gasteiger partial charge in [-0.2, -0.15) is 0 Å². The van der Waals surface area contributed by atoms with E-state index in [1.807, 2.05) is 7.05 Å². The molecule has 0 heterocycles. The van der Waals surface area contributed by atoms with Gasteiger partial charge in [-0.3, -0.25) is 0 Å². The molecule has 0 fully saturated rings. The van der Waals surface area contributed by atoms with Crippen molar-refractivity contribution in [1.82, 2.24) is 5.32 Å². The van der Waals surface area contributed by atoms with E-state index in [0.29, 0.717) is 6.54 Å². The maximum Gasteiger partial charge on any atom is 0.146 e. The molecule has 0 unspecified atom stereocenters. The summed E-state index contributed by atoms with van der Waals surface area (Å²) in [6.45, 7) is 1.48. The maximum absolute atomic E-state index is 13.0. The summed E-state index contributed by atoms with van der Waals surface area (Å²) >= 11 is 0. The van der Waals surface area contributed by atoms with Crippen LogP contribution in [-0.2, 0) is 0 Å². The lowest BCUT2D eigenvalue weighted by Gasteiger charge is -2.06. The number of hydrogen-bond acceptors (Lipinski definition) is 2. The molecule has 2 nitrogen and oxygen atoms in total. The van der Waals surface area contributed by atoms with Gasteiger partial charge in [0.15, 0.2) is 0 Å². The maximum atomic E-state index is 13.0. The minimum atomic E-state index is -0.428. The zero-order valence-electron chi connectivity index (χ0n) is 8.11. The molecule has 0 aromatic heterocycles. The van der Waals surface area contributed by atoms with E-state index in [9.17, 15) is 8.78 Å². The Bertz CT molecular complexity index is 289. The first kappa shape index (κ1) is 10.9. The van der Waals surface area contributed by atoms with Gasteiger partial charge in [0.2, 0.25) is 0 Å². The molecule has 0 saturated heterocycles. The molecule has 0 radical (unpaired) electrons.